The Hall–Kier alpha value is -2.79. The van der Waals surface area contributed by atoms with E-state index in [4.69, 9.17) is 28.4 Å². The molecule has 1 fully saturated rings. The van der Waals surface area contributed by atoms with Crippen molar-refractivity contribution >= 4 is 35.6 Å². The van der Waals surface area contributed by atoms with E-state index in [1.54, 1.807) is 24.3 Å². The van der Waals surface area contributed by atoms with Crippen LogP contribution in [0.1, 0.15) is 27.7 Å². The van der Waals surface area contributed by atoms with Crippen molar-refractivity contribution in [1.29, 1.82) is 0 Å². The lowest BCUT2D eigenvalue weighted by atomic mass is 9.99. The van der Waals surface area contributed by atoms with Crippen LogP contribution in [0.4, 0.5) is 0 Å². The zero-order valence-electron chi connectivity index (χ0n) is 18.4. The van der Waals surface area contributed by atoms with E-state index in [2.05, 4.69) is 0 Å². The van der Waals surface area contributed by atoms with Crippen molar-refractivity contribution < 1.29 is 47.6 Å². The van der Waals surface area contributed by atoms with Crippen LogP contribution in [0.5, 0.6) is 5.75 Å². The molecular weight excluding hydrogens is 444 g/mol. The number of para-hydroxylation sites is 1. The minimum absolute atomic E-state index is 0.277. The van der Waals surface area contributed by atoms with E-state index in [-0.39, 0.29) is 6.61 Å². The average Bonchev–Trinajstić information content (AvgIpc) is 2.70. The first kappa shape index (κ1) is 25.5. The first-order valence-electron chi connectivity index (χ1n) is 9.72. The molecule has 1 aromatic rings. The number of hydrogen-bond donors (Lipinski definition) is 0. The molecule has 2 rings (SSSR count). The molecule has 0 N–H and O–H groups in total. The minimum atomic E-state index is -1.21. The molecule has 0 aromatic heterocycles. The zero-order valence-corrected chi connectivity index (χ0v) is 19.2. The molecule has 0 bridgehead atoms. The van der Waals surface area contributed by atoms with Gasteiger partial charge in [0.25, 0.3) is 0 Å². The topological polar surface area (TPSA) is 124 Å². The van der Waals surface area contributed by atoms with Gasteiger partial charge in [0, 0.05) is 27.7 Å². The Morgan fingerprint density at radius 3 is 1.97 bits per heavy atom. The molecule has 10 nitrogen and oxygen atoms in total. The van der Waals surface area contributed by atoms with Crippen LogP contribution in [0, 0.1) is 0 Å². The van der Waals surface area contributed by atoms with Gasteiger partial charge in [0.05, 0.1) is 12.0 Å². The fraction of sp³-hybridized carbons (Fsp3) is 0.524. The van der Waals surface area contributed by atoms with Crippen LogP contribution in [-0.4, -0.2) is 67.4 Å². The van der Waals surface area contributed by atoms with E-state index in [1.165, 1.54) is 34.8 Å². The van der Waals surface area contributed by atoms with Gasteiger partial charge >= 0.3 is 23.9 Å². The lowest BCUT2D eigenvalue weighted by Gasteiger charge is -2.44. The van der Waals surface area contributed by atoms with E-state index >= 15 is 0 Å². The molecule has 0 amide bonds. The van der Waals surface area contributed by atoms with E-state index < -0.39 is 53.7 Å². The number of carbonyl (C=O) groups is 4. The summed E-state index contributed by atoms with van der Waals surface area (Å²) >= 11 is 1.16. The first-order chi connectivity index (χ1) is 15.1. The molecule has 1 aromatic carbocycles. The number of benzene rings is 1. The maximum atomic E-state index is 11.9. The summed E-state index contributed by atoms with van der Waals surface area (Å²) in [5, 5.41) is 0. The molecule has 0 spiro atoms. The van der Waals surface area contributed by atoms with E-state index in [0.29, 0.717) is 10.6 Å². The van der Waals surface area contributed by atoms with Crippen molar-refractivity contribution in [3.8, 4) is 5.75 Å². The lowest BCUT2D eigenvalue weighted by molar-refractivity contribution is -0.237. The molecular formula is C21H26O10S. The van der Waals surface area contributed by atoms with Crippen molar-refractivity contribution in [3.05, 3.63) is 24.3 Å². The molecule has 1 aliphatic rings. The summed E-state index contributed by atoms with van der Waals surface area (Å²) in [6.07, 6.45) is -4.52. The van der Waals surface area contributed by atoms with Crippen LogP contribution in [0.3, 0.4) is 0 Å². The van der Waals surface area contributed by atoms with E-state index in [9.17, 15) is 19.2 Å². The monoisotopic (exact) mass is 470 g/mol. The Labute approximate surface area is 189 Å². The smallest absolute Gasteiger partial charge is 0.303 e. The van der Waals surface area contributed by atoms with Crippen molar-refractivity contribution in [1.82, 2.24) is 0 Å². The zero-order chi connectivity index (χ0) is 23.8. The molecule has 0 aliphatic carbocycles. The molecule has 1 saturated heterocycles. The summed E-state index contributed by atoms with van der Waals surface area (Å²) in [6.45, 7) is 4.48. The highest BCUT2D eigenvalue weighted by atomic mass is 32.2. The first-order valence-corrected chi connectivity index (χ1v) is 10.6. The molecule has 1 aliphatic heterocycles. The van der Waals surface area contributed by atoms with Gasteiger partial charge < -0.3 is 28.4 Å². The fourth-order valence-corrected chi connectivity index (χ4v) is 4.34. The second kappa shape index (κ2) is 11.7. The van der Waals surface area contributed by atoms with Gasteiger partial charge in [-0.05, 0) is 12.1 Å². The van der Waals surface area contributed by atoms with Gasteiger partial charge in [-0.25, -0.2) is 0 Å². The molecule has 0 radical (unpaired) electrons. The summed E-state index contributed by atoms with van der Waals surface area (Å²) in [5.41, 5.74) is -0.910. The van der Waals surface area contributed by atoms with E-state index in [1.807, 2.05) is 0 Å². The molecule has 0 unspecified atom stereocenters. The third-order valence-corrected chi connectivity index (χ3v) is 5.46. The van der Waals surface area contributed by atoms with Crippen LogP contribution in [0.2, 0.25) is 0 Å². The number of thioether (sulfide) groups is 1. The summed E-state index contributed by atoms with van der Waals surface area (Å²) in [7, 11) is 1.51. The Kier molecular flexibility index (Phi) is 9.33. The molecule has 5 atom stereocenters. The Balaban J connectivity index is 2.48. The SMILES string of the molecule is COc1ccccc1S[C@@H]1O[C@H](COC(C)=O)[C@@H](OC(C)=O)[C@H](OC(C)=O)[C@H]1OC(C)=O. The predicted octanol–water partition coefficient (Wildman–Crippen LogP) is 1.87. The standard InChI is InChI=1S/C21H26O10S/c1-11(22)27-10-16-18(28-12(2)23)19(29-13(3)24)20(30-14(4)25)21(31-16)32-17-9-7-6-8-15(17)26-5/h6-9,16,18-21H,10H2,1-5H3/t16-,18-,19+,20-,21+/m1/s1. The normalized spacial score (nSPS) is 24.7. The maximum Gasteiger partial charge on any atom is 0.303 e. The number of ether oxygens (including phenoxy) is 6. The molecule has 11 heteroatoms. The summed E-state index contributed by atoms with van der Waals surface area (Å²) < 4.78 is 32.7. The lowest BCUT2D eigenvalue weighted by Crippen LogP contribution is -2.61. The van der Waals surface area contributed by atoms with Crippen LogP contribution in [0.25, 0.3) is 0 Å². The van der Waals surface area contributed by atoms with Crippen LogP contribution in [0.15, 0.2) is 29.2 Å². The van der Waals surface area contributed by atoms with Crippen molar-refractivity contribution in [2.24, 2.45) is 0 Å². The molecule has 1 heterocycles. The Morgan fingerprint density at radius 1 is 0.844 bits per heavy atom. The van der Waals surface area contributed by atoms with Crippen LogP contribution >= 0.6 is 11.8 Å². The van der Waals surface area contributed by atoms with Gasteiger partial charge in [-0.3, -0.25) is 19.2 Å². The van der Waals surface area contributed by atoms with Crippen LogP contribution in [-0.2, 0) is 42.9 Å². The second-order valence-corrected chi connectivity index (χ2v) is 7.98. The van der Waals surface area contributed by atoms with Gasteiger partial charge in [0.15, 0.2) is 18.3 Å². The highest BCUT2D eigenvalue weighted by Gasteiger charge is 2.52. The molecule has 176 valence electrons. The van der Waals surface area contributed by atoms with Gasteiger partial charge in [-0.1, -0.05) is 23.9 Å². The number of esters is 4. The summed E-state index contributed by atoms with van der Waals surface area (Å²) in [4.78, 5) is 47.5. The Bertz CT molecular complexity index is 842. The number of methoxy groups -OCH3 is 1. The highest BCUT2D eigenvalue weighted by Crippen LogP contribution is 2.40. The van der Waals surface area contributed by atoms with Crippen molar-refractivity contribution in [2.45, 2.75) is 62.4 Å². The van der Waals surface area contributed by atoms with Crippen molar-refractivity contribution in [2.75, 3.05) is 13.7 Å². The summed E-state index contributed by atoms with van der Waals surface area (Å²) in [6, 6.07) is 7.09. The maximum absolute atomic E-state index is 11.9. The highest BCUT2D eigenvalue weighted by molar-refractivity contribution is 8.00. The average molecular weight is 470 g/mol. The van der Waals surface area contributed by atoms with E-state index in [0.717, 1.165) is 11.8 Å². The second-order valence-electron chi connectivity index (χ2n) is 6.84. The molecule has 0 saturated carbocycles. The third-order valence-electron chi connectivity index (χ3n) is 4.26. The van der Waals surface area contributed by atoms with Gasteiger partial charge in [0.2, 0.25) is 0 Å². The van der Waals surface area contributed by atoms with Gasteiger partial charge in [-0.15, -0.1) is 0 Å². The quantitative estimate of drug-likeness (QED) is 0.408. The van der Waals surface area contributed by atoms with Gasteiger partial charge in [0.1, 0.15) is 23.9 Å². The third kappa shape index (κ3) is 7.13. The summed E-state index contributed by atoms with van der Waals surface area (Å²) in [5.74, 6) is -2.04. The number of hydrogen-bond acceptors (Lipinski definition) is 11. The largest absolute Gasteiger partial charge is 0.496 e. The number of rotatable bonds is 8. The van der Waals surface area contributed by atoms with Crippen LogP contribution < -0.4 is 4.74 Å². The van der Waals surface area contributed by atoms with Gasteiger partial charge in [-0.2, -0.15) is 0 Å². The number of carbonyl (C=O) groups excluding carboxylic acids is 4. The fourth-order valence-electron chi connectivity index (χ4n) is 3.12. The predicted molar refractivity (Wildman–Crippen MR) is 111 cm³/mol. The Morgan fingerprint density at radius 2 is 1.41 bits per heavy atom. The molecule has 32 heavy (non-hydrogen) atoms. The van der Waals surface area contributed by atoms with Crippen molar-refractivity contribution in [3.63, 3.8) is 0 Å². The minimum Gasteiger partial charge on any atom is -0.496 e.